The second kappa shape index (κ2) is 5.73. The van der Waals surface area contributed by atoms with E-state index in [4.69, 9.17) is 4.98 Å². The second-order valence-corrected chi connectivity index (χ2v) is 5.97. The number of rotatable bonds is 5. The number of aryl methyl sites for hydroxylation is 1. The van der Waals surface area contributed by atoms with E-state index in [1.807, 2.05) is 24.0 Å². The summed E-state index contributed by atoms with van der Waals surface area (Å²) >= 11 is 1.77. The highest BCUT2D eigenvalue weighted by atomic mass is 32.1. The van der Waals surface area contributed by atoms with Crippen LogP contribution in [0.1, 0.15) is 23.7 Å². The van der Waals surface area contributed by atoms with Crippen molar-refractivity contribution in [1.29, 1.82) is 0 Å². The summed E-state index contributed by atoms with van der Waals surface area (Å²) in [5.41, 5.74) is 2.16. The highest BCUT2D eigenvalue weighted by molar-refractivity contribution is 7.18. The first-order valence-electron chi connectivity index (χ1n) is 6.82. The number of nitrogens with zero attached hydrogens (tertiary/aromatic N) is 3. The molecule has 3 rings (SSSR count). The second-order valence-electron chi connectivity index (χ2n) is 4.85. The van der Waals surface area contributed by atoms with Crippen molar-refractivity contribution in [1.82, 2.24) is 19.9 Å². The van der Waals surface area contributed by atoms with Crippen molar-refractivity contribution < 1.29 is 0 Å². The van der Waals surface area contributed by atoms with Crippen molar-refractivity contribution in [2.24, 2.45) is 7.05 Å². The Morgan fingerprint density at radius 2 is 2.20 bits per heavy atom. The van der Waals surface area contributed by atoms with E-state index in [0.717, 1.165) is 29.2 Å². The predicted octanol–water partition coefficient (Wildman–Crippen LogP) is 2.92. The molecular formula is C15H18N4S. The van der Waals surface area contributed by atoms with Crippen LogP contribution in [0.4, 0.5) is 0 Å². The van der Waals surface area contributed by atoms with E-state index >= 15 is 0 Å². The molecule has 0 amide bonds. The third kappa shape index (κ3) is 2.73. The number of fused-ring (bicyclic) bond motifs is 1. The molecule has 0 saturated carbocycles. The number of likely N-dealkylation sites (N-methyl/N-ethyl adjacent to an activating group) is 1. The van der Waals surface area contributed by atoms with Gasteiger partial charge in [0.25, 0.3) is 0 Å². The van der Waals surface area contributed by atoms with Gasteiger partial charge >= 0.3 is 0 Å². The van der Waals surface area contributed by atoms with Crippen molar-refractivity contribution in [2.45, 2.75) is 19.4 Å². The lowest BCUT2D eigenvalue weighted by Crippen LogP contribution is -2.23. The molecule has 0 aliphatic rings. The van der Waals surface area contributed by atoms with Crippen molar-refractivity contribution in [2.75, 3.05) is 6.54 Å². The first-order chi connectivity index (χ1) is 9.76. The summed E-state index contributed by atoms with van der Waals surface area (Å²) in [7, 11) is 2.00. The van der Waals surface area contributed by atoms with Crippen LogP contribution < -0.4 is 5.32 Å². The average Bonchev–Trinajstić information content (AvgIpc) is 3.03. The van der Waals surface area contributed by atoms with Gasteiger partial charge in [-0.3, -0.25) is 0 Å². The molecule has 20 heavy (non-hydrogen) atoms. The molecule has 104 valence electrons. The number of hydrogen-bond donors (Lipinski definition) is 1. The zero-order chi connectivity index (χ0) is 13.9. The molecule has 0 fully saturated rings. The molecule has 1 N–H and O–H groups in total. The Balaban J connectivity index is 1.85. The van der Waals surface area contributed by atoms with Crippen LogP contribution in [0.3, 0.4) is 0 Å². The van der Waals surface area contributed by atoms with E-state index in [-0.39, 0.29) is 6.04 Å². The molecule has 2 aromatic heterocycles. The fourth-order valence-electron chi connectivity index (χ4n) is 2.32. The standard InChI is InChI=1S/C15H18N4S/c1-3-16-12(13-9-19(2)10-17-13)8-15-18-11-6-4-5-7-14(11)20-15/h4-7,9-10,12,16H,3,8H2,1-2H3. The Hall–Kier alpha value is -1.72. The van der Waals surface area contributed by atoms with E-state index in [1.165, 1.54) is 4.70 Å². The summed E-state index contributed by atoms with van der Waals surface area (Å²) in [6.45, 7) is 3.04. The topological polar surface area (TPSA) is 42.7 Å². The zero-order valence-electron chi connectivity index (χ0n) is 11.7. The monoisotopic (exact) mass is 286 g/mol. The van der Waals surface area contributed by atoms with Gasteiger partial charge in [-0.25, -0.2) is 9.97 Å². The van der Waals surface area contributed by atoms with E-state index in [2.05, 4.69) is 41.6 Å². The Morgan fingerprint density at radius 3 is 2.90 bits per heavy atom. The first kappa shape index (κ1) is 13.3. The first-order valence-corrected chi connectivity index (χ1v) is 7.63. The zero-order valence-corrected chi connectivity index (χ0v) is 12.5. The summed E-state index contributed by atoms with van der Waals surface area (Å²) in [4.78, 5) is 9.17. The number of para-hydroxylation sites is 1. The molecule has 4 nitrogen and oxygen atoms in total. The van der Waals surface area contributed by atoms with Crippen LogP contribution in [-0.4, -0.2) is 21.1 Å². The van der Waals surface area contributed by atoms with Gasteiger partial charge in [0.15, 0.2) is 0 Å². The van der Waals surface area contributed by atoms with E-state index < -0.39 is 0 Å². The lowest BCUT2D eigenvalue weighted by molar-refractivity contribution is 0.537. The molecule has 0 spiro atoms. The number of benzene rings is 1. The molecule has 0 bridgehead atoms. The smallest absolute Gasteiger partial charge is 0.0958 e. The van der Waals surface area contributed by atoms with E-state index in [9.17, 15) is 0 Å². The Morgan fingerprint density at radius 1 is 1.35 bits per heavy atom. The molecule has 0 radical (unpaired) electrons. The van der Waals surface area contributed by atoms with Gasteiger partial charge in [0.2, 0.25) is 0 Å². The summed E-state index contributed by atoms with van der Waals surface area (Å²) in [5.74, 6) is 0. The van der Waals surface area contributed by atoms with Gasteiger partial charge in [-0.05, 0) is 18.7 Å². The van der Waals surface area contributed by atoms with Gasteiger partial charge in [0.05, 0.1) is 33.3 Å². The van der Waals surface area contributed by atoms with Gasteiger partial charge in [0.1, 0.15) is 0 Å². The van der Waals surface area contributed by atoms with Gasteiger partial charge in [-0.15, -0.1) is 11.3 Å². The highest BCUT2D eigenvalue weighted by Crippen LogP contribution is 2.25. The molecule has 0 aliphatic heterocycles. The molecule has 3 aromatic rings. The lowest BCUT2D eigenvalue weighted by Gasteiger charge is -2.13. The third-order valence-electron chi connectivity index (χ3n) is 3.25. The molecule has 0 aliphatic carbocycles. The number of thiazole rings is 1. The molecule has 1 atom stereocenters. The maximum atomic E-state index is 4.71. The third-order valence-corrected chi connectivity index (χ3v) is 4.31. The van der Waals surface area contributed by atoms with Crippen LogP contribution in [0.5, 0.6) is 0 Å². The van der Waals surface area contributed by atoms with E-state index in [0.29, 0.717) is 0 Å². The van der Waals surface area contributed by atoms with Gasteiger partial charge in [-0.1, -0.05) is 19.1 Å². The van der Waals surface area contributed by atoms with Crippen molar-refractivity contribution in [3.8, 4) is 0 Å². The maximum absolute atomic E-state index is 4.71. The van der Waals surface area contributed by atoms with E-state index in [1.54, 1.807) is 11.3 Å². The van der Waals surface area contributed by atoms with Gasteiger partial charge in [0, 0.05) is 19.7 Å². The number of aromatic nitrogens is 3. The largest absolute Gasteiger partial charge is 0.340 e. The van der Waals surface area contributed by atoms with Crippen LogP contribution in [-0.2, 0) is 13.5 Å². The quantitative estimate of drug-likeness (QED) is 0.784. The van der Waals surface area contributed by atoms with Crippen molar-refractivity contribution >= 4 is 21.6 Å². The minimum Gasteiger partial charge on any atom is -0.340 e. The molecule has 1 unspecified atom stereocenters. The lowest BCUT2D eigenvalue weighted by atomic mass is 10.1. The predicted molar refractivity (Wildman–Crippen MR) is 82.9 cm³/mol. The Bertz CT molecular complexity index is 668. The van der Waals surface area contributed by atoms with Crippen LogP contribution in [0.25, 0.3) is 10.2 Å². The summed E-state index contributed by atoms with van der Waals surface area (Å²) in [6.07, 6.45) is 4.79. The van der Waals surface area contributed by atoms with Crippen LogP contribution in [0.15, 0.2) is 36.8 Å². The highest BCUT2D eigenvalue weighted by Gasteiger charge is 2.16. The summed E-state index contributed by atoms with van der Waals surface area (Å²) < 4.78 is 3.23. The maximum Gasteiger partial charge on any atom is 0.0958 e. The number of imidazole rings is 1. The molecule has 2 heterocycles. The summed E-state index contributed by atoms with van der Waals surface area (Å²) in [5, 5.41) is 4.65. The fraction of sp³-hybridized carbons (Fsp3) is 0.333. The number of nitrogens with one attached hydrogen (secondary N) is 1. The van der Waals surface area contributed by atoms with Crippen LogP contribution in [0.2, 0.25) is 0 Å². The van der Waals surface area contributed by atoms with Crippen molar-refractivity contribution in [3.63, 3.8) is 0 Å². The SMILES string of the molecule is CCNC(Cc1nc2ccccc2s1)c1cn(C)cn1. The van der Waals surface area contributed by atoms with Crippen LogP contribution >= 0.6 is 11.3 Å². The van der Waals surface area contributed by atoms with Crippen molar-refractivity contribution in [3.05, 3.63) is 47.5 Å². The Kier molecular flexibility index (Phi) is 3.80. The Labute approximate surface area is 122 Å². The fourth-order valence-corrected chi connectivity index (χ4v) is 3.34. The van der Waals surface area contributed by atoms with Crippen LogP contribution in [0, 0.1) is 0 Å². The molecular weight excluding hydrogens is 268 g/mol. The molecule has 5 heteroatoms. The minimum absolute atomic E-state index is 0.224. The molecule has 0 saturated heterocycles. The normalized spacial score (nSPS) is 12.9. The minimum atomic E-state index is 0.224. The number of hydrogen-bond acceptors (Lipinski definition) is 4. The van der Waals surface area contributed by atoms with Gasteiger partial charge in [-0.2, -0.15) is 0 Å². The molecule has 1 aromatic carbocycles. The average molecular weight is 286 g/mol. The summed E-state index contributed by atoms with van der Waals surface area (Å²) in [6, 6.07) is 8.51. The van der Waals surface area contributed by atoms with Gasteiger partial charge < -0.3 is 9.88 Å².